The Labute approximate surface area is 59.3 Å². The highest BCUT2D eigenvalue weighted by Gasteiger charge is 1.87. The van der Waals surface area contributed by atoms with Crippen LogP contribution in [-0.2, 0) is 0 Å². The van der Waals surface area contributed by atoms with Crippen LogP contribution < -0.4 is 5.64 Å². The van der Waals surface area contributed by atoms with Crippen LogP contribution in [0.1, 0.15) is 39.0 Å². The minimum atomic E-state index is 0.867. The molecule has 0 saturated heterocycles. The maximum Gasteiger partial charge on any atom is 0.198 e. The second-order valence-electron chi connectivity index (χ2n) is 2.56. The van der Waals surface area contributed by atoms with Crippen LogP contribution in [0.25, 0.3) is 0 Å². The van der Waals surface area contributed by atoms with Gasteiger partial charge >= 0.3 is 0 Å². The molecule has 0 rings (SSSR count). The zero-order valence-electron chi connectivity index (χ0n) is 6.53. The Hall–Kier alpha value is 0.0249. The molecule has 9 heavy (non-hydrogen) atoms. The number of rotatable bonds is 6. The van der Waals surface area contributed by atoms with E-state index in [1.54, 1.807) is 0 Å². The highest BCUT2D eigenvalue weighted by atomic mass is 14.3. The Morgan fingerprint density at radius 1 is 1.11 bits per heavy atom. The molecule has 0 saturated carbocycles. The van der Waals surface area contributed by atoms with E-state index >= 15 is 0 Å². The van der Waals surface area contributed by atoms with Gasteiger partial charge in [0.1, 0.15) is 0 Å². The molecule has 0 aliphatic carbocycles. The first-order valence-electron chi connectivity index (χ1n) is 4.12. The van der Waals surface area contributed by atoms with Gasteiger partial charge in [0.05, 0.1) is 0 Å². The molecule has 0 aromatic rings. The van der Waals surface area contributed by atoms with Crippen molar-refractivity contribution >= 4 is 7.41 Å². The molecule has 0 amide bonds. The fraction of sp³-hybridized carbons (Fsp3) is 1.00. The van der Waals surface area contributed by atoms with Gasteiger partial charge in [-0.25, -0.2) is 0 Å². The summed E-state index contributed by atoms with van der Waals surface area (Å²) in [6, 6.07) is 0. The maximum absolute atomic E-state index is 5.34. The molecule has 2 heteroatoms. The van der Waals surface area contributed by atoms with Crippen molar-refractivity contribution in [1.82, 2.24) is 0 Å². The van der Waals surface area contributed by atoms with Gasteiger partial charge in [-0.2, -0.15) is 0 Å². The molecule has 0 aromatic carbocycles. The van der Waals surface area contributed by atoms with E-state index in [-0.39, 0.29) is 0 Å². The summed E-state index contributed by atoms with van der Waals surface area (Å²) in [6.07, 6.45) is 8.05. The van der Waals surface area contributed by atoms with Gasteiger partial charge in [0.15, 0.2) is 7.41 Å². The average molecular weight is 127 g/mol. The molecular formula is C7H18BN. The zero-order chi connectivity index (χ0) is 6.95. The monoisotopic (exact) mass is 127 g/mol. The molecule has 2 N–H and O–H groups in total. The van der Waals surface area contributed by atoms with E-state index in [1.165, 1.54) is 38.4 Å². The third-order valence-corrected chi connectivity index (χ3v) is 1.56. The molecule has 0 bridgehead atoms. The van der Waals surface area contributed by atoms with Crippen molar-refractivity contribution in [3.05, 3.63) is 0 Å². The van der Waals surface area contributed by atoms with E-state index in [4.69, 9.17) is 5.64 Å². The number of hydrogen-bond donors (Lipinski definition) is 1. The molecule has 0 atom stereocenters. The molecule has 0 aliphatic rings. The Kier molecular flexibility index (Phi) is 8.05. The van der Waals surface area contributed by atoms with Gasteiger partial charge in [-0.3, -0.25) is 0 Å². The Morgan fingerprint density at radius 2 is 1.78 bits per heavy atom. The lowest BCUT2D eigenvalue weighted by Gasteiger charge is -1.95. The number of nitrogens with two attached hydrogens (primary N) is 1. The third kappa shape index (κ3) is 8.02. The first-order valence-corrected chi connectivity index (χ1v) is 4.12. The fourth-order valence-corrected chi connectivity index (χ4v) is 0.925. The topological polar surface area (TPSA) is 26.0 Å². The number of hydrogen-bond acceptors (Lipinski definition) is 1. The van der Waals surface area contributed by atoms with Gasteiger partial charge < -0.3 is 5.64 Å². The Balaban J connectivity index is 2.60. The summed E-state index contributed by atoms with van der Waals surface area (Å²) in [5.41, 5.74) is 5.34. The highest BCUT2D eigenvalue weighted by molar-refractivity contribution is 6.30. The lowest BCUT2D eigenvalue weighted by Crippen LogP contribution is -2.02. The predicted octanol–water partition coefficient (Wildman–Crippen LogP) is 1.69. The van der Waals surface area contributed by atoms with Crippen molar-refractivity contribution in [1.29, 1.82) is 0 Å². The highest BCUT2D eigenvalue weighted by Crippen LogP contribution is 2.03. The molecule has 54 valence electrons. The van der Waals surface area contributed by atoms with Crippen LogP contribution >= 0.6 is 0 Å². The minimum absolute atomic E-state index is 0.867. The quantitative estimate of drug-likeness (QED) is 0.426. The van der Waals surface area contributed by atoms with Crippen LogP contribution in [0, 0.1) is 0 Å². The van der Waals surface area contributed by atoms with E-state index in [2.05, 4.69) is 6.92 Å². The molecule has 0 spiro atoms. The van der Waals surface area contributed by atoms with Crippen molar-refractivity contribution in [3.63, 3.8) is 0 Å². The van der Waals surface area contributed by atoms with Gasteiger partial charge in [0.25, 0.3) is 0 Å². The Morgan fingerprint density at radius 3 is 2.33 bits per heavy atom. The van der Waals surface area contributed by atoms with Crippen LogP contribution in [0.4, 0.5) is 0 Å². The SMILES string of the molecule is CCCCCCCBN. The summed E-state index contributed by atoms with van der Waals surface area (Å²) in [5.74, 6) is 0. The largest absolute Gasteiger partial charge is 0.373 e. The van der Waals surface area contributed by atoms with Crippen LogP contribution in [0.15, 0.2) is 0 Å². The first kappa shape index (κ1) is 9.02. The molecule has 0 aromatic heterocycles. The van der Waals surface area contributed by atoms with Gasteiger partial charge in [-0.1, -0.05) is 45.3 Å². The van der Waals surface area contributed by atoms with Gasteiger partial charge in [-0.05, 0) is 0 Å². The predicted molar refractivity (Wildman–Crippen MR) is 44.9 cm³/mol. The summed E-state index contributed by atoms with van der Waals surface area (Å²) in [6.45, 7) is 2.24. The molecular weight excluding hydrogens is 109 g/mol. The molecule has 0 unspecified atom stereocenters. The summed E-state index contributed by atoms with van der Waals surface area (Å²) < 4.78 is 0. The third-order valence-electron chi connectivity index (χ3n) is 1.56. The van der Waals surface area contributed by atoms with E-state index in [0.29, 0.717) is 0 Å². The second kappa shape index (κ2) is 8.02. The van der Waals surface area contributed by atoms with Crippen LogP contribution in [0.5, 0.6) is 0 Å². The summed E-state index contributed by atoms with van der Waals surface area (Å²) in [7, 11) is 0.867. The van der Waals surface area contributed by atoms with Crippen LogP contribution in [0.3, 0.4) is 0 Å². The molecule has 0 aliphatic heterocycles. The van der Waals surface area contributed by atoms with Gasteiger partial charge in [-0.15, -0.1) is 0 Å². The van der Waals surface area contributed by atoms with Crippen LogP contribution in [-0.4, -0.2) is 7.41 Å². The van der Waals surface area contributed by atoms with Crippen LogP contribution in [0.2, 0.25) is 6.32 Å². The Bertz CT molecular complexity index is 42.2. The molecule has 0 fully saturated rings. The zero-order valence-corrected chi connectivity index (χ0v) is 6.53. The van der Waals surface area contributed by atoms with Crippen molar-refractivity contribution in [3.8, 4) is 0 Å². The van der Waals surface area contributed by atoms with E-state index in [0.717, 1.165) is 7.41 Å². The van der Waals surface area contributed by atoms with Crippen molar-refractivity contribution in [2.24, 2.45) is 5.64 Å². The van der Waals surface area contributed by atoms with Crippen molar-refractivity contribution < 1.29 is 0 Å². The van der Waals surface area contributed by atoms with Crippen molar-refractivity contribution in [2.75, 3.05) is 0 Å². The summed E-state index contributed by atoms with van der Waals surface area (Å²) in [4.78, 5) is 0. The first-order chi connectivity index (χ1) is 4.41. The minimum Gasteiger partial charge on any atom is -0.373 e. The molecule has 0 heterocycles. The fourth-order valence-electron chi connectivity index (χ4n) is 0.925. The van der Waals surface area contributed by atoms with Crippen molar-refractivity contribution in [2.45, 2.75) is 45.3 Å². The van der Waals surface area contributed by atoms with Gasteiger partial charge in [0, 0.05) is 0 Å². The van der Waals surface area contributed by atoms with Gasteiger partial charge in [0.2, 0.25) is 0 Å². The summed E-state index contributed by atoms with van der Waals surface area (Å²) in [5, 5.41) is 0. The lowest BCUT2D eigenvalue weighted by molar-refractivity contribution is 0.655. The van der Waals surface area contributed by atoms with E-state index in [9.17, 15) is 0 Å². The standard InChI is InChI=1S/C7H18BN/c1-2-3-4-5-6-7-8-9/h8H,2-7,9H2,1H3. The normalized spacial score (nSPS) is 9.56. The smallest absolute Gasteiger partial charge is 0.198 e. The average Bonchev–Trinajstić information content (AvgIpc) is 1.89. The molecule has 0 radical (unpaired) electrons. The van der Waals surface area contributed by atoms with E-state index < -0.39 is 0 Å². The summed E-state index contributed by atoms with van der Waals surface area (Å²) >= 11 is 0. The second-order valence-corrected chi connectivity index (χ2v) is 2.56. The maximum atomic E-state index is 5.34. The lowest BCUT2D eigenvalue weighted by atomic mass is 9.88. The molecule has 1 nitrogen and oxygen atoms in total. The van der Waals surface area contributed by atoms with E-state index in [1.807, 2.05) is 0 Å². The number of unbranched alkanes of at least 4 members (excludes halogenated alkanes) is 4.